The van der Waals surface area contributed by atoms with E-state index in [9.17, 15) is 8.42 Å². The summed E-state index contributed by atoms with van der Waals surface area (Å²) in [6.45, 7) is 0.300. The predicted octanol–water partition coefficient (Wildman–Crippen LogP) is 2.00. The molecule has 2 aromatic rings. The summed E-state index contributed by atoms with van der Waals surface area (Å²) in [6.07, 6.45) is 2.98. The first-order chi connectivity index (χ1) is 9.98. The molecular formula is C13H15ClN4O2S. The van der Waals surface area contributed by atoms with Crippen LogP contribution in [-0.4, -0.2) is 29.0 Å². The zero-order valence-corrected chi connectivity index (χ0v) is 12.7. The molecule has 112 valence electrons. The quantitative estimate of drug-likeness (QED) is 0.879. The maximum atomic E-state index is 12.7. The first-order valence-corrected chi connectivity index (χ1v) is 8.35. The van der Waals surface area contributed by atoms with Crippen LogP contribution in [0.1, 0.15) is 18.4 Å². The highest BCUT2D eigenvalue weighted by atomic mass is 35.5. The van der Waals surface area contributed by atoms with Gasteiger partial charge in [-0.15, -0.1) is 0 Å². The van der Waals surface area contributed by atoms with Crippen molar-refractivity contribution in [2.24, 2.45) is 0 Å². The number of hydrogen-bond acceptors (Lipinski definition) is 4. The van der Waals surface area contributed by atoms with Crippen LogP contribution in [0.2, 0.25) is 5.02 Å². The van der Waals surface area contributed by atoms with Crippen LogP contribution >= 0.6 is 11.6 Å². The number of H-pyrrole nitrogens is 1. The van der Waals surface area contributed by atoms with Crippen LogP contribution in [0.5, 0.6) is 0 Å². The second-order valence-electron chi connectivity index (χ2n) is 5.06. The molecule has 1 aromatic heterocycles. The molecule has 0 saturated heterocycles. The lowest BCUT2D eigenvalue weighted by Gasteiger charge is -2.21. The Morgan fingerprint density at radius 1 is 1.33 bits per heavy atom. The molecule has 1 aliphatic rings. The molecule has 0 spiro atoms. The van der Waals surface area contributed by atoms with Gasteiger partial charge in [-0.2, -0.15) is 9.40 Å². The lowest BCUT2D eigenvalue weighted by molar-refractivity contribution is 0.399. The summed E-state index contributed by atoms with van der Waals surface area (Å²) in [5, 5.41) is 6.78. The van der Waals surface area contributed by atoms with Gasteiger partial charge in [-0.05, 0) is 30.5 Å². The zero-order chi connectivity index (χ0) is 15.0. The maximum Gasteiger partial charge on any atom is 0.248 e. The number of nitrogens with zero attached hydrogens (tertiary/aromatic N) is 2. The van der Waals surface area contributed by atoms with E-state index in [2.05, 4.69) is 10.2 Å². The molecule has 0 radical (unpaired) electrons. The lowest BCUT2D eigenvalue weighted by Crippen LogP contribution is -2.32. The van der Waals surface area contributed by atoms with Crippen molar-refractivity contribution in [3.8, 4) is 0 Å². The van der Waals surface area contributed by atoms with Crippen LogP contribution in [-0.2, 0) is 16.6 Å². The summed E-state index contributed by atoms with van der Waals surface area (Å²) in [5.74, 6) is 0.0664. The molecule has 0 amide bonds. The average molecular weight is 327 g/mol. The van der Waals surface area contributed by atoms with Gasteiger partial charge in [0.15, 0.2) is 0 Å². The Labute approximate surface area is 128 Å². The average Bonchev–Trinajstić information content (AvgIpc) is 3.18. The minimum Gasteiger partial charge on any atom is -0.383 e. The molecular weight excluding hydrogens is 312 g/mol. The van der Waals surface area contributed by atoms with Crippen molar-refractivity contribution < 1.29 is 8.42 Å². The fraction of sp³-hybridized carbons (Fsp3) is 0.308. The van der Waals surface area contributed by atoms with Gasteiger partial charge in [0, 0.05) is 17.6 Å². The molecule has 1 saturated carbocycles. The van der Waals surface area contributed by atoms with Crippen molar-refractivity contribution in [3.05, 3.63) is 41.0 Å². The number of aromatic amines is 1. The van der Waals surface area contributed by atoms with E-state index in [1.807, 2.05) is 12.1 Å². The molecule has 3 N–H and O–H groups in total. The van der Waals surface area contributed by atoms with Gasteiger partial charge in [0.2, 0.25) is 10.0 Å². The Balaban J connectivity index is 1.91. The lowest BCUT2D eigenvalue weighted by atomic mass is 10.2. The number of nitrogens with two attached hydrogens (primary N) is 1. The summed E-state index contributed by atoms with van der Waals surface area (Å²) in [4.78, 5) is 0.0309. The maximum absolute atomic E-state index is 12.7. The van der Waals surface area contributed by atoms with Crippen LogP contribution in [0, 0.1) is 0 Å². The van der Waals surface area contributed by atoms with Crippen LogP contribution in [0.3, 0.4) is 0 Å². The number of anilines is 1. The van der Waals surface area contributed by atoms with E-state index in [0.717, 1.165) is 18.4 Å². The Bertz CT molecular complexity index is 738. The van der Waals surface area contributed by atoms with Gasteiger partial charge in [-0.25, -0.2) is 8.42 Å². The van der Waals surface area contributed by atoms with E-state index in [4.69, 9.17) is 17.3 Å². The fourth-order valence-electron chi connectivity index (χ4n) is 2.16. The normalized spacial score (nSPS) is 15.5. The van der Waals surface area contributed by atoms with Crippen LogP contribution in [0.15, 0.2) is 35.4 Å². The van der Waals surface area contributed by atoms with E-state index < -0.39 is 10.0 Å². The predicted molar refractivity (Wildman–Crippen MR) is 80.2 cm³/mol. The Hall–Kier alpha value is -1.57. The van der Waals surface area contributed by atoms with Gasteiger partial charge in [0.05, 0.1) is 6.20 Å². The third-order valence-corrected chi connectivity index (χ3v) is 5.60. The molecule has 3 rings (SSSR count). The molecule has 0 atom stereocenters. The standard InChI is InChI=1S/C13H15ClN4O2S/c14-10-3-1-9(2-4-10)8-18(11-5-6-11)21(19,20)12-7-16-17-13(12)15/h1-4,7,11H,5-6,8H2,(H3,15,16,17). The first-order valence-electron chi connectivity index (χ1n) is 6.53. The largest absolute Gasteiger partial charge is 0.383 e. The van der Waals surface area contributed by atoms with Gasteiger partial charge < -0.3 is 5.73 Å². The van der Waals surface area contributed by atoms with E-state index in [1.165, 1.54) is 10.5 Å². The molecule has 0 aliphatic heterocycles. The molecule has 8 heteroatoms. The number of hydrogen-bond donors (Lipinski definition) is 2. The molecule has 1 aromatic carbocycles. The van der Waals surface area contributed by atoms with Crippen molar-refractivity contribution in [1.82, 2.24) is 14.5 Å². The minimum atomic E-state index is -3.65. The summed E-state index contributed by atoms with van der Waals surface area (Å²) in [6, 6.07) is 7.18. The number of benzene rings is 1. The molecule has 1 aliphatic carbocycles. The number of rotatable bonds is 5. The summed E-state index contributed by atoms with van der Waals surface area (Å²) >= 11 is 5.85. The molecule has 1 heterocycles. The molecule has 6 nitrogen and oxygen atoms in total. The monoisotopic (exact) mass is 326 g/mol. The summed E-state index contributed by atoms with van der Waals surface area (Å²) < 4.78 is 26.9. The Kier molecular flexibility index (Phi) is 3.64. The van der Waals surface area contributed by atoms with Crippen LogP contribution in [0.25, 0.3) is 0 Å². The van der Waals surface area contributed by atoms with E-state index in [0.29, 0.717) is 11.6 Å². The van der Waals surface area contributed by atoms with Crippen molar-refractivity contribution in [3.63, 3.8) is 0 Å². The molecule has 0 unspecified atom stereocenters. The fourth-order valence-corrected chi connectivity index (χ4v) is 3.97. The van der Waals surface area contributed by atoms with E-state index in [-0.39, 0.29) is 16.8 Å². The molecule has 21 heavy (non-hydrogen) atoms. The van der Waals surface area contributed by atoms with Gasteiger partial charge in [-0.3, -0.25) is 5.10 Å². The SMILES string of the molecule is Nc1[nH]ncc1S(=O)(=O)N(Cc1ccc(Cl)cc1)C1CC1. The van der Waals surface area contributed by atoms with Crippen LogP contribution in [0.4, 0.5) is 5.82 Å². The number of halogens is 1. The number of sulfonamides is 1. The van der Waals surface area contributed by atoms with Gasteiger partial charge >= 0.3 is 0 Å². The third kappa shape index (κ3) is 2.90. The summed E-state index contributed by atoms with van der Waals surface area (Å²) in [7, 11) is -3.65. The van der Waals surface area contributed by atoms with Gasteiger partial charge in [0.1, 0.15) is 10.7 Å². The topological polar surface area (TPSA) is 92.1 Å². The van der Waals surface area contributed by atoms with Crippen molar-refractivity contribution in [2.75, 3.05) is 5.73 Å². The molecule has 0 bridgehead atoms. The Morgan fingerprint density at radius 2 is 2.00 bits per heavy atom. The zero-order valence-electron chi connectivity index (χ0n) is 11.2. The number of nitrogen functional groups attached to an aromatic ring is 1. The van der Waals surface area contributed by atoms with E-state index >= 15 is 0 Å². The number of aromatic nitrogens is 2. The van der Waals surface area contributed by atoms with E-state index in [1.54, 1.807) is 12.1 Å². The summed E-state index contributed by atoms with van der Waals surface area (Å²) in [5.41, 5.74) is 6.54. The van der Waals surface area contributed by atoms with Crippen LogP contribution < -0.4 is 5.73 Å². The first kappa shape index (κ1) is 14.4. The minimum absolute atomic E-state index is 0.0278. The van der Waals surface area contributed by atoms with Gasteiger partial charge in [-0.1, -0.05) is 23.7 Å². The van der Waals surface area contributed by atoms with Gasteiger partial charge in [0.25, 0.3) is 0 Å². The number of nitrogens with one attached hydrogen (secondary N) is 1. The second-order valence-corrected chi connectivity index (χ2v) is 7.35. The van der Waals surface area contributed by atoms with Crippen molar-refractivity contribution >= 4 is 27.4 Å². The highest BCUT2D eigenvalue weighted by Gasteiger charge is 2.39. The highest BCUT2D eigenvalue weighted by Crippen LogP contribution is 2.34. The van der Waals surface area contributed by atoms with Crippen molar-refractivity contribution in [1.29, 1.82) is 0 Å². The van der Waals surface area contributed by atoms with Crippen molar-refractivity contribution in [2.45, 2.75) is 30.3 Å². The highest BCUT2D eigenvalue weighted by molar-refractivity contribution is 7.89. The third-order valence-electron chi connectivity index (χ3n) is 3.42. The Morgan fingerprint density at radius 3 is 2.52 bits per heavy atom. The smallest absolute Gasteiger partial charge is 0.248 e. The second kappa shape index (κ2) is 5.32. The molecule has 1 fully saturated rings.